The third kappa shape index (κ3) is 2.48. The molecule has 1 aliphatic heterocycles. The number of anilines is 1. The molecule has 7 heteroatoms. The molecule has 0 aromatic carbocycles. The summed E-state index contributed by atoms with van der Waals surface area (Å²) in [6.07, 6.45) is 2.96. The summed E-state index contributed by atoms with van der Waals surface area (Å²) in [6.45, 7) is 2.58. The Morgan fingerprint density at radius 3 is 3.00 bits per heavy atom. The number of pyridine rings is 1. The Morgan fingerprint density at radius 2 is 2.42 bits per heavy atom. The van der Waals surface area contributed by atoms with Crippen molar-refractivity contribution in [3.63, 3.8) is 0 Å². The number of piperidine rings is 1. The smallest absolute Gasteiger partial charge is 0.329 e. The Kier molecular flexibility index (Phi) is 3.62. The molecular formula is C12H15N5O2. The highest BCUT2D eigenvalue weighted by Gasteiger charge is 2.31. The highest BCUT2D eigenvalue weighted by atomic mass is 16.6. The van der Waals surface area contributed by atoms with Gasteiger partial charge in [0.05, 0.1) is 4.92 Å². The fourth-order valence-electron chi connectivity index (χ4n) is 2.45. The molecule has 2 heterocycles. The van der Waals surface area contributed by atoms with E-state index in [2.05, 4.69) is 4.98 Å². The molecule has 0 saturated carbocycles. The third-order valence-electron chi connectivity index (χ3n) is 3.40. The third-order valence-corrected chi connectivity index (χ3v) is 3.40. The van der Waals surface area contributed by atoms with Crippen LogP contribution in [0, 0.1) is 21.4 Å². The Balaban J connectivity index is 2.45. The zero-order valence-electron chi connectivity index (χ0n) is 10.6. The Morgan fingerprint density at radius 1 is 1.68 bits per heavy atom. The van der Waals surface area contributed by atoms with Gasteiger partial charge in [0.2, 0.25) is 5.82 Å². The first-order chi connectivity index (χ1) is 9.04. The van der Waals surface area contributed by atoms with E-state index in [0.717, 1.165) is 12.8 Å². The van der Waals surface area contributed by atoms with Crippen LogP contribution >= 0.6 is 0 Å². The van der Waals surface area contributed by atoms with Crippen LogP contribution in [-0.2, 0) is 0 Å². The maximum atomic E-state index is 11.2. The second-order valence-electron chi connectivity index (χ2n) is 4.73. The summed E-state index contributed by atoms with van der Waals surface area (Å²) in [5.41, 5.74) is 5.71. The minimum atomic E-state index is -0.540. The van der Waals surface area contributed by atoms with E-state index >= 15 is 0 Å². The van der Waals surface area contributed by atoms with Gasteiger partial charge in [0.1, 0.15) is 11.6 Å². The number of nitrogens with two attached hydrogens (primary N) is 1. The van der Waals surface area contributed by atoms with Gasteiger partial charge in [0.15, 0.2) is 0 Å². The number of nitriles is 1. The van der Waals surface area contributed by atoms with Crippen LogP contribution in [-0.4, -0.2) is 28.5 Å². The fourth-order valence-corrected chi connectivity index (χ4v) is 2.45. The molecule has 2 rings (SSSR count). The molecule has 100 valence electrons. The van der Waals surface area contributed by atoms with Crippen LogP contribution in [0.3, 0.4) is 0 Å². The summed E-state index contributed by atoms with van der Waals surface area (Å²) in [7, 11) is 0. The first-order valence-electron chi connectivity index (χ1n) is 6.10. The molecule has 0 bridgehead atoms. The lowest BCUT2D eigenvalue weighted by Gasteiger charge is -2.36. The van der Waals surface area contributed by atoms with Crippen LogP contribution in [0.2, 0.25) is 0 Å². The Bertz CT molecular complexity index is 539. The molecule has 7 nitrogen and oxygen atoms in total. The van der Waals surface area contributed by atoms with E-state index in [0.29, 0.717) is 6.54 Å². The van der Waals surface area contributed by atoms with Crippen molar-refractivity contribution in [3.8, 4) is 6.07 Å². The lowest BCUT2D eigenvalue weighted by molar-refractivity contribution is -0.384. The molecule has 1 aromatic heterocycles. The second kappa shape index (κ2) is 5.20. The SMILES string of the molecule is CC1CC(N)CCN1c1nccc(C#N)c1[N+](=O)[O-]. The highest BCUT2D eigenvalue weighted by molar-refractivity contribution is 5.65. The van der Waals surface area contributed by atoms with Crippen molar-refractivity contribution in [2.75, 3.05) is 11.4 Å². The maximum Gasteiger partial charge on any atom is 0.329 e. The number of nitrogens with zero attached hydrogens (tertiary/aromatic N) is 4. The van der Waals surface area contributed by atoms with Crippen LogP contribution in [0.15, 0.2) is 12.3 Å². The topological polar surface area (TPSA) is 109 Å². The lowest BCUT2D eigenvalue weighted by Crippen LogP contribution is -2.46. The van der Waals surface area contributed by atoms with E-state index in [1.807, 2.05) is 17.9 Å². The second-order valence-corrected chi connectivity index (χ2v) is 4.73. The van der Waals surface area contributed by atoms with Crippen molar-refractivity contribution in [1.29, 1.82) is 5.26 Å². The summed E-state index contributed by atoms with van der Waals surface area (Å²) in [4.78, 5) is 16.6. The Hall–Kier alpha value is -2.20. The molecular weight excluding hydrogens is 246 g/mol. The fraction of sp³-hybridized carbons (Fsp3) is 0.500. The monoisotopic (exact) mass is 261 g/mol. The van der Waals surface area contributed by atoms with Gasteiger partial charge in [-0.05, 0) is 25.8 Å². The summed E-state index contributed by atoms with van der Waals surface area (Å²) in [5.74, 6) is 0.267. The molecule has 2 atom stereocenters. The average Bonchev–Trinajstić information content (AvgIpc) is 2.37. The summed E-state index contributed by atoms with van der Waals surface area (Å²) >= 11 is 0. The minimum Gasteiger partial charge on any atom is -0.348 e. The Labute approximate surface area is 110 Å². The standard InChI is InChI=1S/C12H15N5O2/c1-8-6-10(14)3-5-16(8)12-11(17(18)19)9(7-13)2-4-15-12/h2,4,8,10H,3,5-6,14H2,1H3. The zero-order chi connectivity index (χ0) is 14.0. The molecule has 0 aliphatic carbocycles. The molecule has 0 radical (unpaired) electrons. The number of hydrogen-bond donors (Lipinski definition) is 1. The zero-order valence-corrected chi connectivity index (χ0v) is 10.6. The normalized spacial score (nSPS) is 22.9. The number of hydrogen-bond acceptors (Lipinski definition) is 6. The van der Waals surface area contributed by atoms with E-state index in [1.54, 1.807) is 0 Å². The van der Waals surface area contributed by atoms with Gasteiger partial charge in [-0.25, -0.2) is 4.98 Å². The quantitative estimate of drug-likeness (QED) is 0.632. The van der Waals surface area contributed by atoms with Gasteiger partial charge in [0.25, 0.3) is 0 Å². The molecule has 19 heavy (non-hydrogen) atoms. The van der Waals surface area contributed by atoms with Crippen molar-refractivity contribution in [2.24, 2.45) is 5.73 Å². The molecule has 2 N–H and O–H groups in total. The van der Waals surface area contributed by atoms with E-state index in [4.69, 9.17) is 11.0 Å². The van der Waals surface area contributed by atoms with Gasteiger partial charge in [-0.1, -0.05) is 0 Å². The van der Waals surface area contributed by atoms with Crippen LogP contribution in [0.4, 0.5) is 11.5 Å². The molecule has 1 fully saturated rings. The molecule has 0 spiro atoms. The predicted molar refractivity (Wildman–Crippen MR) is 69.6 cm³/mol. The minimum absolute atomic E-state index is 0.0390. The van der Waals surface area contributed by atoms with Gasteiger partial charge in [-0.2, -0.15) is 5.26 Å². The predicted octanol–water partition coefficient (Wildman–Crippen LogP) is 1.18. The summed E-state index contributed by atoms with van der Waals surface area (Å²) in [5, 5.41) is 20.2. The summed E-state index contributed by atoms with van der Waals surface area (Å²) in [6, 6.07) is 3.40. The van der Waals surface area contributed by atoms with E-state index in [9.17, 15) is 10.1 Å². The van der Waals surface area contributed by atoms with Crippen LogP contribution < -0.4 is 10.6 Å². The van der Waals surface area contributed by atoms with Gasteiger partial charge in [0, 0.05) is 24.8 Å². The van der Waals surface area contributed by atoms with E-state index < -0.39 is 4.92 Å². The maximum absolute atomic E-state index is 11.2. The van der Waals surface area contributed by atoms with Gasteiger partial charge >= 0.3 is 5.69 Å². The number of aromatic nitrogens is 1. The van der Waals surface area contributed by atoms with Crippen molar-refractivity contribution in [1.82, 2.24) is 4.98 Å². The molecule has 0 amide bonds. The number of rotatable bonds is 2. The lowest BCUT2D eigenvalue weighted by atomic mass is 9.99. The van der Waals surface area contributed by atoms with Gasteiger partial charge < -0.3 is 10.6 Å². The van der Waals surface area contributed by atoms with Crippen molar-refractivity contribution in [2.45, 2.75) is 31.8 Å². The molecule has 1 saturated heterocycles. The largest absolute Gasteiger partial charge is 0.348 e. The first-order valence-corrected chi connectivity index (χ1v) is 6.10. The van der Waals surface area contributed by atoms with Crippen molar-refractivity contribution >= 4 is 11.5 Å². The van der Waals surface area contributed by atoms with Gasteiger partial charge in [-0.3, -0.25) is 10.1 Å². The average molecular weight is 261 g/mol. The molecule has 1 aliphatic rings. The van der Waals surface area contributed by atoms with Crippen molar-refractivity contribution in [3.05, 3.63) is 27.9 Å². The van der Waals surface area contributed by atoms with Crippen molar-refractivity contribution < 1.29 is 4.92 Å². The summed E-state index contributed by atoms with van der Waals surface area (Å²) < 4.78 is 0. The molecule has 1 aromatic rings. The van der Waals surface area contributed by atoms with E-state index in [1.165, 1.54) is 12.3 Å². The highest BCUT2D eigenvalue weighted by Crippen LogP contribution is 2.32. The van der Waals surface area contributed by atoms with E-state index in [-0.39, 0.29) is 29.2 Å². The first kappa shape index (κ1) is 13.2. The van der Waals surface area contributed by atoms with Crippen LogP contribution in [0.5, 0.6) is 0 Å². The van der Waals surface area contributed by atoms with Crippen LogP contribution in [0.25, 0.3) is 0 Å². The van der Waals surface area contributed by atoms with Crippen LogP contribution in [0.1, 0.15) is 25.3 Å². The number of nitro groups is 1. The van der Waals surface area contributed by atoms with Gasteiger partial charge in [-0.15, -0.1) is 0 Å². The molecule has 2 unspecified atom stereocenters.